The third-order valence-electron chi connectivity index (χ3n) is 2.49. The molecule has 0 spiro atoms. The van der Waals surface area contributed by atoms with Crippen LogP contribution in [0.25, 0.3) is 0 Å². The third kappa shape index (κ3) is 2.43. The molecule has 1 aliphatic rings. The van der Waals surface area contributed by atoms with Crippen molar-refractivity contribution in [2.45, 2.75) is 18.9 Å². The summed E-state index contributed by atoms with van der Waals surface area (Å²) in [6.07, 6.45) is 2.38. The fraction of sp³-hybridized carbons (Fsp3) is 1.00. The molecule has 0 aliphatic carbocycles. The summed E-state index contributed by atoms with van der Waals surface area (Å²) in [5.74, 6) is 0. The van der Waals surface area contributed by atoms with Gasteiger partial charge in [0.2, 0.25) is 0 Å². The van der Waals surface area contributed by atoms with E-state index in [0.29, 0.717) is 0 Å². The molecule has 11 heavy (non-hydrogen) atoms. The van der Waals surface area contributed by atoms with Crippen LogP contribution in [-0.2, 0) is 0 Å². The van der Waals surface area contributed by atoms with Gasteiger partial charge in [-0.25, -0.2) is 0 Å². The van der Waals surface area contributed by atoms with Crippen LogP contribution in [0.3, 0.4) is 0 Å². The summed E-state index contributed by atoms with van der Waals surface area (Å²) >= 11 is 0. The molecule has 0 amide bonds. The largest absolute Gasteiger partial charge is 0.381 e. The third-order valence-corrected chi connectivity index (χ3v) is 2.49. The molecule has 1 saturated heterocycles. The van der Waals surface area contributed by atoms with Crippen molar-refractivity contribution in [3.8, 4) is 0 Å². The summed E-state index contributed by atoms with van der Waals surface area (Å²) in [5.41, 5.74) is 0. The van der Waals surface area contributed by atoms with Gasteiger partial charge in [-0.3, -0.25) is 4.90 Å². The van der Waals surface area contributed by atoms with Gasteiger partial charge in [0.15, 0.2) is 0 Å². The molecule has 0 aromatic rings. The maximum Gasteiger partial charge on any atom is 0.0956 e. The first-order valence-corrected chi connectivity index (χ1v) is 4.23. The normalized spacial score (nSPS) is 22.9. The van der Waals surface area contributed by atoms with Crippen LogP contribution in [0.1, 0.15) is 12.8 Å². The molecule has 0 radical (unpaired) electrons. The highest BCUT2D eigenvalue weighted by atomic mass is 16.3. The van der Waals surface area contributed by atoms with Crippen molar-refractivity contribution in [3.05, 3.63) is 0 Å². The van der Waals surface area contributed by atoms with E-state index in [2.05, 4.69) is 23.9 Å². The van der Waals surface area contributed by atoms with E-state index < -0.39 is 0 Å². The highest BCUT2D eigenvalue weighted by molar-refractivity contribution is 4.75. The topological polar surface area (TPSA) is 26.7 Å². The molecule has 0 bridgehead atoms. The number of aliphatic hydroxyl groups is 1. The average molecular weight is 158 g/mol. The number of aliphatic hydroxyl groups excluding tert-OH is 1. The summed E-state index contributed by atoms with van der Waals surface area (Å²) in [7, 11) is 4.25. The van der Waals surface area contributed by atoms with Gasteiger partial charge in [-0.1, -0.05) is 0 Å². The summed E-state index contributed by atoms with van der Waals surface area (Å²) in [6, 6.07) is 0.720. The van der Waals surface area contributed by atoms with Crippen molar-refractivity contribution in [2.24, 2.45) is 0 Å². The van der Waals surface area contributed by atoms with Crippen LogP contribution < -0.4 is 0 Å². The first kappa shape index (κ1) is 8.97. The lowest BCUT2D eigenvalue weighted by Gasteiger charge is -2.33. The van der Waals surface area contributed by atoms with Crippen molar-refractivity contribution in [3.63, 3.8) is 0 Å². The van der Waals surface area contributed by atoms with Crippen molar-refractivity contribution in [2.75, 3.05) is 33.9 Å². The zero-order valence-electron chi connectivity index (χ0n) is 7.45. The number of likely N-dealkylation sites (tertiary alicyclic amines) is 1. The molecule has 0 aromatic heterocycles. The summed E-state index contributed by atoms with van der Waals surface area (Å²) in [5, 5.41) is 8.83. The lowest BCUT2D eigenvalue weighted by molar-refractivity contribution is 0.0629. The Labute approximate surface area is 68.6 Å². The second kappa shape index (κ2) is 4.04. The number of hydrogen-bond acceptors (Lipinski definition) is 3. The van der Waals surface area contributed by atoms with Gasteiger partial charge in [0.25, 0.3) is 0 Å². The Morgan fingerprint density at radius 2 is 1.91 bits per heavy atom. The van der Waals surface area contributed by atoms with Crippen LogP contribution in [0, 0.1) is 0 Å². The number of nitrogens with zero attached hydrogens (tertiary/aromatic N) is 2. The maximum absolute atomic E-state index is 8.83. The van der Waals surface area contributed by atoms with Gasteiger partial charge in [0.05, 0.1) is 6.73 Å². The zero-order chi connectivity index (χ0) is 8.27. The molecule has 0 saturated carbocycles. The molecule has 0 atom stereocenters. The Bertz CT molecular complexity index is 109. The Kier molecular flexibility index (Phi) is 3.30. The summed E-state index contributed by atoms with van der Waals surface area (Å²) in [4.78, 5) is 4.36. The highest BCUT2D eigenvalue weighted by Crippen LogP contribution is 2.12. The molecule has 3 heteroatoms. The van der Waals surface area contributed by atoms with E-state index in [9.17, 15) is 0 Å². The van der Waals surface area contributed by atoms with Crippen LogP contribution in [-0.4, -0.2) is 54.9 Å². The standard InChI is InChI=1S/C8H18N2O/c1-9(2)8-3-5-10(7-11)6-4-8/h8,11H,3-7H2,1-2H3. The quantitative estimate of drug-likeness (QED) is 0.611. The van der Waals surface area contributed by atoms with Gasteiger partial charge >= 0.3 is 0 Å². The molecule has 1 rings (SSSR count). The minimum atomic E-state index is 0.222. The maximum atomic E-state index is 8.83. The van der Waals surface area contributed by atoms with Crippen LogP contribution in [0.5, 0.6) is 0 Å². The smallest absolute Gasteiger partial charge is 0.0956 e. The van der Waals surface area contributed by atoms with E-state index >= 15 is 0 Å². The molecule has 1 heterocycles. The van der Waals surface area contributed by atoms with Crippen LogP contribution in [0.2, 0.25) is 0 Å². The second-order valence-electron chi connectivity index (χ2n) is 3.45. The summed E-state index contributed by atoms with van der Waals surface area (Å²) < 4.78 is 0. The van der Waals surface area contributed by atoms with Gasteiger partial charge in [-0.15, -0.1) is 0 Å². The van der Waals surface area contributed by atoms with Crippen molar-refractivity contribution >= 4 is 0 Å². The fourth-order valence-corrected chi connectivity index (χ4v) is 1.58. The Morgan fingerprint density at radius 3 is 2.27 bits per heavy atom. The lowest BCUT2D eigenvalue weighted by atomic mass is 10.1. The van der Waals surface area contributed by atoms with Crippen molar-refractivity contribution in [1.82, 2.24) is 9.80 Å². The number of hydrogen-bond donors (Lipinski definition) is 1. The molecular weight excluding hydrogens is 140 g/mol. The Morgan fingerprint density at radius 1 is 1.36 bits per heavy atom. The minimum Gasteiger partial charge on any atom is -0.381 e. The van der Waals surface area contributed by atoms with E-state index in [1.54, 1.807) is 0 Å². The molecule has 1 aliphatic heterocycles. The first-order valence-electron chi connectivity index (χ1n) is 4.23. The number of rotatable bonds is 2. The van der Waals surface area contributed by atoms with Gasteiger partial charge in [-0.2, -0.15) is 0 Å². The molecular formula is C8H18N2O. The first-order chi connectivity index (χ1) is 5.24. The monoisotopic (exact) mass is 158 g/mol. The van der Waals surface area contributed by atoms with E-state index in [1.807, 2.05) is 0 Å². The Hall–Kier alpha value is -0.120. The molecule has 3 nitrogen and oxygen atoms in total. The molecule has 0 unspecified atom stereocenters. The van der Waals surface area contributed by atoms with Crippen molar-refractivity contribution < 1.29 is 5.11 Å². The highest BCUT2D eigenvalue weighted by Gasteiger charge is 2.19. The predicted octanol–water partition coefficient (Wildman–Crippen LogP) is -0.0378. The van der Waals surface area contributed by atoms with Crippen LogP contribution >= 0.6 is 0 Å². The average Bonchev–Trinajstić information content (AvgIpc) is 2.05. The zero-order valence-corrected chi connectivity index (χ0v) is 7.45. The van der Waals surface area contributed by atoms with E-state index in [1.165, 1.54) is 12.8 Å². The predicted molar refractivity (Wildman–Crippen MR) is 45.4 cm³/mol. The van der Waals surface area contributed by atoms with Gasteiger partial charge in [-0.05, 0) is 26.9 Å². The number of piperidine rings is 1. The van der Waals surface area contributed by atoms with Gasteiger partial charge < -0.3 is 10.0 Å². The summed E-state index contributed by atoms with van der Waals surface area (Å²) in [6.45, 7) is 2.30. The molecule has 1 fully saturated rings. The molecule has 66 valence electrons. The molecule has 0 aromatic carbocycles. The molecule has 1 N–H and O–H groups in total. The van der Waals surface area contributed by atoms with Gasteiger partial charge in [0.1, 0.15) is 0 Å². The lowest BCUT2D eigenvalue weighted by Crippen LogP contribution is -2.42. The van der Waals surface area contributed by atoms with E-state index in [-0.39, 0.29) is 6.73 Å². The minimum absolute atomic E-state index is 0.222. The van der Waals surface area contributed by atoms with Gasteiger partial charge in [0, 0.05) is 19.1 Å². The fourth-order valence-electron chi connectivity index (χ4n) is 1.58. The van der Waals surface area contributed by atoms with Crippen LogP contribution in [0.4, 0.5) is 0 Å². The van der Waals surface area contributed by atoms with E-state index in [0.717, 1.165) is 19.1 Å². The van der Waals surface area contributed by atoms with E-state index in [4.69, 9.17) is 5.11 Å². The van der Waals surface area contributed by atoms with Crippen LogP contribution in [0.15, 0.2) is 0 Å². The van der Waals surface area contributed by atoms with Crippen molar-refractivity contribution in [1.29, 1.82) is 0 Å². The second-order valence-corrected chi connectivity index (χ2v) is 3.45. The Balaban J connectivity index is 2.24. The SMILES string of the molecule is CN(C)C1CCN(CO)CC1.